The molecule has 0 aliphatic rings. The molecule has 2 aromatic rings. The summed E-state index contributed by atoms with van der Waals surface area (Å²) in [5.74, 6) is -2.48. The van der Waals surface area contributed by atoms with E-state index in [1.165, 1.54) is 12.1 Å². The Balaban J connectivity index is 2.40. The molecule has 0 aliphatic heterocycles. The molecule has 0 bridgehead atoms. The van der Waals surface area contributed by atoms with E-state index in [0.717, 1.165) is 12.1 Å². The number of sulfone groups is 1. The van der Waals surface area contributed by atoms with Crippen LogP contribution in [0.2, 0.25) is 0 Å². The first kappa shape index (κ1) is 14.5. The van der Waals surface area contributed by atoms with Gasteiger partial charge in [0.05, 0.1) is 10.6 Å². The highest BCUT2D eigenvalue weighted by Gasteiger charge is 2.19. The van der Waals surface area contributed by atoms with Crippen LogP contribution in [-0.2, 0) is 15.6 Å². The maximum atomic E-state index is 13.1. The van der Waals surface area contributed by atoms with Gasteiger partial charge in [-0.2, -0.15) is 0 Å². The van der Waals surface area contributed by atoms with E-state index in [4.69, 9.17) is 5.73 Å². The van der Waals surface area contributed by atoms with E-state index in [2.05, 4.69) is 0 Å². The minimum absolute atomic E-state index is 0.0993. The summed E-state index contributed by atoms with van der Waals surface area (Å²) in [4.78, 5) is 0.0993. The third-order valence-electron chi connectivity index (χ3n) is 2.89. The summed E-state index contributed by atoms with van der Waals surface area (Å²) in [6, 6.07) is 7.61. The molecule has 0 spiro atoms. The lowest BCUT2D eigenvalue weighted by molar-refractivity contribution is 0.507. The van der Waals surface area contributed by atoms with Gasteiger partial charge in [0.25, 0.3) is 0 Å². The van der Waals surface area contributed by atoms with E-state index < -0.39 is 27.2 Å². The van der Waals surface area contributed by atoms with Gasteiger partial charge in [0, 0.05) is 5.69 Å². The summed E-state index contributed by atoms with van der Waals surface area (Å²) < 4.78 is 50.5. The van der Waals surface area contributed by atoms with Crippen molar-refractivity contribution in [2.45, 2.75) is 17.6 Å². The lowest BCUT2D eigenvalue weighted by atomic mass is 10.2. The molecule has 0 radical (unpaired) electrons. The Labute approximate surface area is 116 Å². The Hall–Kier alpha value is -1.95. The highest BCUT2D eigenvalue weighted by atomic mass is 32.2. The Kier molecular flexibility index (Phi) is 3.76. The van der Waals surface area contributed by atoms with Gasteiger partial charge in [-0.3, -0.25) is 0 Å². The van der Waals surface area contributed by atoms with Gasteiger partial charge < -0.3 is 5.73 Å². The first-order valence-corrected chi connectivity index (χ1v) is 7.47. The average molecular weight is 297 g/mol. The molecule has 6 heteroatoms. The van der Waals surface area contributed by atoms with E-state index in [-0.39, 0.29) is 10.5 Å². The van der Waals surface area contributed by atoms with E-state index in [9.17, 15) is 17.2 Å². The maximum absolute atomic E-state index is 13.1. The van der Waals surface area contributed by atoms with Crippen LogP contribution in [0.5, 0.6) is 0 Å². The van der Waals surface area contributed by atoms with E-state index in [1.54, 1.807) is 19.1 Å². The lowest BCUT2D eigenvalue weighted by Crippen LogP contribution is -2.08. The molecule has 2 rings (SSSR count). The number of hydrogen-bond acceptors (Lipinski definition) is 3. The van der Waals surface area contributed by atoms with E-state index in [1.807, 2.05) is 0 Å². The molecular weight excluding hydrogens is 284 g/mol. The summed E-state index contributed by atoms with van der Waals surface area (Å²) in [5, 5.41) is 0. The first-order chi connectivity index (χ1) is 9.29. The summed E-state index contributed by atoms with van der Waals surface area (Å²) in [6.45, 7) is 1.65. The number of rotatable bonds is 3. The smallest absolute Gasteiger partial charge is 0.182 e. The van der Waals surface area contributed by atoms with Gasteiger partial charge in [-0.1, -0.05) is 12.1 Å². The van der Waals surface area contributed by atoms with Gasteiger partial charge >= 0.3 is 0 Å². The molecule has 0 amide bonds. The third kappa shape index (κ3) is 2.96. The SMILES string of the molecule is Cc1ccc(N)cc1S(=O)(=O)Cc1ccc(F)c(F)c1. The van der Waals surface area contributed by atoms with Crippen molar-refractivity contribution >= 4 is 15.5 Å². The number of nitrogen functional groups attached to an aromatic ring is 1. The second-order valence-electron chi connectivity index (χ2n) is 4.53. The van der Waals surface area contributed by atoms with Gasteiger partial charge in [0.2, 0.25) is 0 Å². The minimum atomic E-state index is -3.67. The summed E-state index contributed by atoms with van der Waals surface area (Å²) in [5.41, 5.74) is 6.66. The molecule has 0 fully saturated rings. The van der Waals surface area contributed by atoms with Crippen LogP contribution in [0.4, 0.5) is 14.5 Å². The van der Waals surface area contributed by atoms with Crippen molar-refractivity contribution in [3.63, 3.8) is 0 Å². The summed E-state index contributed by atoms with van der Waals surface area (Å²) >= 11 is 0. The van der Waals surface area contributed by atoms with Crippen molar-refractivity contribution < 1.29 is 17.2 Å². The first-order valence-electron chi connectivity index (χ1n) is 5.82. The molecule has 3 nitrogen and oxygen atoms in total. The Morgan fingerprint density at radius 3 is 2.40 bits per heavy atom. The van der Waals surface area contributed by atoms with Gasteiger partial charge in [-0.25, -0.2) is 17.2 Å². The molecule has 0 saturated heterocycles. The molecule has 0 aromatic heterocycles. The van der Waals surface area contributed by atoms with Gasteiger partial charge in [0.15, 0.2) is 21.5 Å². The molecule has 0 aliphatic carbocycles. The minimum Gasteiger partial charge on any atom is -0.399 e. The largest absolute Gasteiger partial charge is 0.399 e. The van der Waals surface area contributed by atoms with Crippen molar-refractivity contribution in [3.8, 4) is 0 Å². The average Bonchev–Trinajstić information content (AvgIpc) is 2.36. The van der Waals surface area contributed by atoms with Crippen LogP contribution in [0.15, 0.2) is 41.3 Å². The van der Waals surface area contributed by atoms with E-state index >= 15 is 0 Å². The highest BCUT2D eigenvalue weighted by molar-refractivity contribution is 7.90. The van der Waals surface area contributed by atoms with Crippen molar-refractivity contribution in [1.82, 2.24) is 0 Å². The molecule has 0 saturated carbocycles. The zero-order valence-corrected chi connectivity index (χ0v) is 11.5. The van der Waals surface area contributed by atoms with Crippen LogP contribution >= 0.6 is 0 Å². The molecule has 0 unspecified atom stereocenters. The molecule has 2 N–H and O–H groups in total. The van der Waals surface area contributed by atoms with E-state index in [0.29, 0.717) is 11.3 Å². The number of anilines is 1. The second kappa shape index (κ2) is 5.20. The van der Waals surface area contributed by atoms with Gasteiger partial charge in [0.1, 0.15) is 0 Å². The fraction of sp³-hybridized carbons (Fsp3) is 0.143. The molecule has 2 aromatic carbocycles. The van der Waals surface area contributed by atoms with Crippen LogP contribution in [-0.4, -0.2) is 8.42 Å². The standard InChI is InChI=1S/C14H13F2NO2S/c1-9-2-4-11(17)7-14(9)20(18,19)8-10-3-5-12(15)13(16)6-10/h2-7H,8,17H2,1H3. The number of hydrogen-bond donors (Lipinski definition) is 1. The Bertz CT molecular complexity index is 758. The van der Waals surface area contributed by atoms with Crippen molar-refractivity contribution in [1.29, 1.82) is 0 Å². The summed E-state index contributed by atoms with van der Waals surface area (Å²) in [7, 11) is -3.67. The fourth-order valence-electron chi connectivity index (χ4n) is 1.88. The van der Waals surface area contributed by atoms with Crippen LogP contribution in [0.25, 0.3) is 0 Å². The number of aryl methyl sites for hydroxylation is 1. The molecular formula is C14H13F2NO2S. The highest BCUT2D eigenvalue weighted by Crippen LogP contribution is 2.23. The number of benzene rings is 2. The van der Waals surface area contributed by atoms with Crippen LogP contribution in [0.3, 0.4) is 0 Å². The molecule has 106 valence electrons. The van der Waals surface area contributed by atoms with Crippen molar-refractivity contribution in [2.75, 3.05) is 5.73 Å². The maximum Gasteiger partial charge on any atom is 0.182 e. The van der Waals surface area contributed by atoms with Crippen molar-refractivity contribution in [2.24, 2.45) is 0 Å². The zero-order chi connectivity index (χ0) is 14.9. The summed E-state index contributed by atoms with van der Waals surface area (Å²) in [6.07, 6.45) is 0. The predicted molar refractivity (Wildman–Crippen MR) is 72.8 cm³/mol. The number of nitrogens with two attached hydrogens (primary N) is 1. The molecule has 0 atom stereocenters. The number of halogens is 2. The lowest BCUT2D eigenvalue weighted by Gasteiger charge is -2.09. The predicted octanol–water partition coefficient (Wildman–Crippen LogP) is 2.83. The van der Waals surface area contributed by atoms with Gasteiger partial charge in [-0.15, -0.1) is 0 Å². The topological polar surface area (TPSA) is 60.2 Å². The molecule has 20 heavy (non-hydrogen) atoms. The fourth-order valence-corrected chi connectivity index (χ4v) is 3.53. The van der Waals surface area contributed by atoms with Gasteiger partial charge in [-0.05, 0) is 42.3 Å². The van der Waals surface area contributed by atoms with Crippen molar-refractivity contribution in [3.05, 3.63) is 59.2 Å². The zero-order valence-electron chi connectivity index (χ0n) is 10.7. The second-order valence-corrected chi connectivity index (χ2v) is 6.49. The quantitative estimate of drug-likeness (QED) is 0.886. The van der Waals surface area contributed by atoms with Crippen LogP contribution in [0.1, 0.15) is 11.1 Å². The Morgan fingerprint density at radius 1 is 1.05 bits per heavy atom. The molecule has 0 heterocycles. The van der Waals surface area contributed by atoms with Crippen LogP contribution in [0, 0.1) is 18.6 Å². The Morgan fingerprint density at radius 2 is 1.75 bits per heavy atom. The monoisotopic (exact) mass is 297 g/mol. The van der Waals surface area contributed by atoms with Crippen LogP contribution < -0.4 is 5.73 Å². The third-order valence-corrected chi connectivity index (χ3v) is 4.71. The normalized spacial score (nSPS) is 11.6.